The van der Waals surface area contributed by atoms with E-state index in [1.54, 1.807) is 30.9 Å². The van der Waals surface area contributed by atoms with Crippen LogP contribution in [0.5, 0.6) is 0 Å². The molecule has 220 valence electrons. The Morgan fingerprint density at radius 3 is 2.41 bits per heavy atom. The minimum absolute atomic E-state index is 0.194. The number of amides is 1. The number of nitrogens with zero attached hydrogens (tertiary/aromatic N) is 6. The Hall–Kier alpha value is -4.74. The van der Waals surface area contributed by atoms with Crippen molar-refractivity contribution in [1.29, 1.82) is 0 Å². The molecule has 2 aliphatic rings. The molecule has 0 unspecified atom stereocenters. The van der Waals surface area contributed by atoms with Crippen LogP contribution in [0.4, 0.5) is 11.5 Å². The number of para-hydroxylation sites is 1. The van der Waals surface area contributed by atoms with E-state index in [0.29, 0.717) is 41.5 Å². The molecule has 7 rings (SSSR count). The first-order valence-corrected chi connectivity index (χ1v) is 15.4. The topological polar surface area (TPSA) is 84.8 Å². The van der Waals surface area contributed by atoms with Gasteiger partial charge in [0.25, 0.3) is 17.0 Å². The van der Waals surface area contributed by atoms with Crippen molar-refractivity contribution >= 4 is 57.4 Å². The summed E-state index contributed by atoms with van der Waals surface area (Å²) in [6.07, 6.45) is 4.16. The van der Waals surface area contributed by atoms with Crippen LogP contribution in [0.3, 0.4) is 0 Å². The molecule has 1 fully saturated rings. The second kappa shape index (κ2) is 10.8. The molecule has 1 amide bonds. The van der Waals surface area contributed by atoms with E-state index in [2.05, 4.69) is 17.0 Å². The zero-order valence-electron chi connectivity index (χ0n) is 24.4. The minimum Gasteiger partial charge on any atom is -0.351 e. The van der Waals surface area contributed by atoms with Gasteiger partial charge in [0, 0.05) is 26.3 Å². The van der Waals surface area contributed by atoms with Gasteiger partial charge in [-0.15, -0.1) is 0 Å². The Labute approximate surface area is 262 Å². The van der Waals surface area contributed by atoms with Gasteiger partial charge in [0.15, 0.2) is 4.32 Å². The highest BCUT2D eigenvalue weighted by Gasteiger charge is 2.38. The predicted molar refractivity (Wildman–Crippen MR) is 179 cm³/mol. The Kier molecular flexibility index (Phi) is 6.86. The van der Waals surface area contributed by atoms with Gasteiger partial charge in [-0.25, -0.2) is 9.67 Å². The number of aromatic nitrogens is 4. The fourth-order valence-corrected chi connectivity index (χ4v) is 7.15. The largest absolute Gasteiger partial charge is 0.351 e. The summed E-state index contributed by atoms with van der Waals surface area (Å²) in [5, 5.41) is 0. The molecule has 0 radical (unpaired) electrons. The molecule has 0 aliphatic carbocycles. The van der Waals surface area contributed by atoms with E-state index in [1.165, 1.54) is 25.1 Å². The molecule has 0 saturated carbocycles. The summed E-state index contributed by atoms with van der Waals surface area (Å²) < 4.78 is 4.97. The summed E-state index contributed by atoms with van der Waals surface area (Å²) in [5.41, 5.74) is 5.02. The normalized spacial score (nSPS) is 15.9. The lowest BCUT2D eigenvalue weighted by atomic mass is 9.99. The van der Waals surface area contributed by atoms with Gasteiger partial charge < -0.3 is 4.90 Å². The van der Waals surface area contributed by atoms with Crippen LogP contribution >= 0.6 is 24.0 Å². The molecule has 3 aromatic heterocycles. The molecule has 1 saturated heterocycles. The van der Waals surface area contributed by atoms with Crippen LogP contribution in [-0.2, 0) is 24.8 Å². The van der Waals surface area contributed by atoms with Crippen LogP contribution in [0.15, 0.2) is 87.4 Å². The molecule has 5 aromatic rings. The van der Waals surface area contributed by atoms with E-state index in [-0.39, 0.29) is 26.0 Å². The number of hydrogen-bond acceptors (Lipinski definition) is 7. The second-order valence-electron chi connectivity index (χ2n) is 11.0. The summed E-state index contributed by atoms with van der Waals surface area (Å²) in [4.78, 5) is 50.4. The van der Waals surface area contributed by atoms with Gasteiger partial charge in [-0.1, -0.05) is 72.5 Å². The quantitative estimate of drug-likeness (QED) is 0.212. The minimum atomic E-state index is -0.449. The lowest BCUT2D eigenvalue weighted by molar-refractivity contribution is -0.113. The number of hydrogen-bond donors (Lipinski definition) is 0. The maximum Gasteiger partial charge on any atom is 0.296 e. The average Bonchev–Trinajstić information content (AvgIpc) is 3.42. The highest BCUT2D eigenvalue weighted by atomic mass is 32.2. The number of thioether (sulfide) groups is 1. The number of pyridine rings is 1. The van der Waals surface area contributed by atoms with Crippen LogP contribution in [-0.4, -0.2) is 35.5 Å². The molecular formula is C33H28N6O3S2. The standard InChI is InChI=1S/C33H28N6O3S2/c1-20-13-14-27-34-29(36-16-15-22-9-7-8-10-23(22)19-36)25(30(40)37(27)18-20)17-26-31(41)38(33(43)44-26)28-21(2)35(3)39(32(28)42)24-11-5-4-6-12-24/h4-14,17-18H,15-16,19H2,1-3H3. The molecule has 2 aliphatic heterocycles. The number of benzene rings is 2. The van der Waals surface area contributed by atoms with Crippen molar-refractivity contribution in [2.75, 3.05) is 16.3 Å². The molecule has 5 heterocycles. The predicted octanol–water partition coefficient (Wildman–Crippen LogP) is 4.77. The number of anilines is 2. The van der Waals surface area contributed by atoms with E-state index in [4.69, 9.17) is 17.2 Å². The lowest BCUT2D eigenvalue weighted by Crippen LogP contribution is -2.34. The van der Waals surface area contributed by atoms with Gasteiger partial charge in [0.1, 0.15) is 17.2 Å². The zero-order valence-corrected chi connectivity index (χ0v) is 26.0. The fraction of sp³-hybridized carbons (Fsp3) is 0.182. The molecule has 0 N–H and O–H groups in total. The Morgan fingerprint density at radius 2 is 1.64 bits per heavy atom. The third-order valence-electron chi connectivity index (χ3n) is 8.23. The molecule has 44 heavy (non-hydrogen) atoms. The number of aryl methyl sites for hydroxylation is 1. The SMILES string of the molecule is Cc1ccc2nc(N3CCc4ccccc4C3)c(C=C3SC(=S)N(c4c(C)n(C)n(-c5ccccc5)c4=O)C3=O)c(=O)n2c1. The summed E-state index contributed by atoms with van der Waals surface area (Å²) in [5.74, 6) is 0.0654. The van der Waals surface area contributed by atoms with Gasteiger partial charge in [0.05, 0.1) is 21.8 Å². The van der Waals surface area contributed by atoms with Gasteiger partial charge in [-0.2, -0.15) is 0 Å². The summed E-state index contributed by atoms with van der Waals surface area (Å²) in [7, 11) is 1.77. The van der Waals surface area contributed by atoms with E-state index in [9.17, 15) is 14.4 Å². The first-order valence-electron chi connectivity index (χ1n) is 14.2. The summed E-state index contributed by atoms with van der Waals surface area (Å²) in [6.45, 7) is 4.97. The number of carbonyl (C=O) groups excluding carboxylic acids is 1. The van der Waals surface area contributed by atoms with Crippen molar-refractivity contribution in [3.63, 3.8) is 0 Å². The molecule has 0 atom stereocenters. The maximum atomic E-state index is 14.1. The Balaban J connectivity index is 1.35. The molecule has 0 bridgehead atoms. The van der Waals surface area contributed by atoms with Crippen LogP contribution in [0.2, 0.25) is 0 Å². The van der Waals surface area contributed by atoms with E-state index in [0.717, 1.165) is 23.7 Å². The number of carbonyl (C=O) groups is 1. The summed E-state index contributed by atoms with van der Waals surface area (Å²) in [6, 6.07) is 21.3. The number of thiocarbonyl (C=S) groups is 1. The summed E-state index contributed by atoms with van der Waals surface area (Å²) >= 11 is 6.75. The molecule has 2 aromatic carbocycles. The van der Waals surface area contributed by atoms with Crippen molar-refractivity contribution in [3.05, 3.63) is 126 Å². The van der Waals surface area contributed by atoms with Gasteiger partial charge in [0.2, 0.25) is 0 Å². The van der Waals surface area contributed by atoms with Crippen LogP contribution < -0.4 is 20.9 Å². The Bertz CT molecular complexity index is 2160. The van der Waals surface area contributed by atoms with Crippen molar-refractivity contribution in [2.24, 2.45) is 7.05 Å². The zero-order chi connectivity index (χ0) is 30.7. The van der Waals surface area contributed by atoms with Crippen molar-refractivity contribution in [3.8, 4) is 5.69 Å². The van der Waals surface area contributed by atoms with Crippen LogP contribution in [0.25, 0.3) is 17.4 Å². The van der Waals surface area contributed by atoms with Crippen molar-refractivity contribution in [2.45, 2.75) is 26.8 Å². The smallest absolute Gasteiger partial charge is 0.296 e. The van der Waals surface area contributed by atoms with E-state index < -0.39 is 5.91 Å². The molecular weight excluding hydrogens is 593 g/mol. The molecule has 11 heteroatoms. The van der Waals surface area contributed by atoms with Crippen molar-refractivity contribution in [1.82, 2.24) is 18.7 Å². The van der Waals surface area contributed by atoms with Crippen molar-refractivity contribution < 1.29 is 4.79 Å². The Morgan fingerprint density at radius 1 is 0.909 bits per heavy atom. The van der Waals surface area contributed by atoms with Crippen LogP contribution in [0, 0.1) is 13.8 Å². The third kappa shape index (κ3) is 4.51. The first-order chi connectivity index (χ1) is 21.2. The van der Waals surface area contributed by atoms with E-state index >= 15 is 0 Å². The number of fused-ring (bicyclic) bond motifs is 2. The second-order valence-corrected chi connectivity index (χ2v) is 12.6. The van der Waals surface area contributed by atoms with Gasteiger partial charge in [-0.3, -0.25) is 28.4 Å². The molecule has 9 nitrogen and oxygen atoms in total. The lowest BCUT2D eigenvalue weighted by Gasteiger charge is -2.30. The first kappa shape index (κ1) is 28.1. The number of rotatable bonds is 4. The fourth-order valence-electron chi connectivity index (χ4n) is 5.89. The highest BCUT2D eigenvalue weighted by molar-refractivity contribution is 8.27. The average molecular weight is 621 g/mol. The van der Waals surface area contributed by atoms with Gasteiger partial charge in [-0.05, 0) is 61.2 Å². The maximum absolute atomic E-state index is 14.1. The highest BCUT2D eigenvalue weighted by Crippen LogP contribution is 2.37. The third-order valence-corrected chi connectivity index (χ3v) is 9.53. The van der Waals surface area contributed by atoms with Crippen LogP contribution in [0.1, 0.15) is 27.9 Å². The monoisotopic (exact) mass is 620 g/mol. The van der Waals surface area contributed by atoms with Gasteiger partial charge >= 0.3 is 0 Å². The van der Waals surface area contributed by atoms with E-state index in [1.807, 2.05) is 61.5 Å². The molecule has 0 spiro atoms.